The van der Waals surface area contributed by atoms with Crippen molar-refractivity contribution in [2.45, 2.75) is 174 Å². The predicted octanol–water partition coefficient (Wildman–Crippen LogP) is 13.5. The summed E-state index contributed by atoms with van der Waals surface area (Å²) in [6, 6.07) is 14.9. The number of allylic oxidation sites excluding steroid dienone is 4. The van der Waals surface area contributed by atoms with Gasteiger partial charge in [0.2, 0.25) is 11.8 Å². The molecule has 314 valence electrons. The monoisotopic (exact) mass is 798 g/mol. The van der Waals surface area contributed by atoms with Gasteiger partial charge < -0.3 is 10.2 Å². The maximum atomic E-state index is 14.4. The van der Waals surface area contributed by atoms with Crippen LogP contribution in [0.3, 0.4) is 0 Å². The Balaban J connectivity index is 1.29. The second-order valence-electron chi connectivity index (χ2n) is 17.0. The van der Waals surface area contributed by atoms with E-state index >= 15 is 0 Å². The molecular formula is C52H66N2O5. The molecule has 0 bridgehead atoms. The van der Waals surface area contributed by atoms with Gasteiger partial charge >= 0.3 is 0 Å². The van der Waals surface area contributed by atoms with E-state index in [0.717, 1.165) is 60.8 Å². The Morgan fingerprint density at radius 1 is 0.525 bits per heavy atom. The molecule has 59 heavy (non-hydrogen) atoms. The maximum absolute atomic E-state index is 14.4. The highest BCUT2D eigenvalue weighted by molar-refractivity contribution is 6.32. The van der Waals surface area contributed by atoms with Crippen LogP contribution in [0.1, 0.15) is 195 Å². The maximum Gasteiger partial charge on any atom is 0.245 e. The summed E-state index contributed by atoms with van der Waals surface area (Å²) in [5, 5.41) is 25.0. The second-order valence-corrected chi connectivity index (χ2v) is 17.0. The van der Waals surface area contributed by atoms with Crippen LogP contribution in [0, 0.1) is 0 Å². The SMILES string of the molecule is CCCCCCCCCCCC(=O)N=C1CC/C(=C2/CCC(=NC(=O)CCCCCCCCCCC)c3c2c(O)c2ccccc2c3O)C2=C1C(=O)c1ccccc1C2. The number of benzene rings is 3. The van der Waals surface area contributed by atoms with Crippen LogP contribution in [0.25, 0.3) is 16.3 Å². The van der Waals surface area contributed by atoms with E-state index in [1.165, 1.54) is 77.0 Å². The summed E-state index contributed by atoms with van der Waals surface area (Å²) < 4.78 is 0. The van der Waals surface area contributed by atoms with Gasteiger partial charge in [0.25, 0.3) is 0 Å². The van der Waals surface area contributed by atoms with Crippen molar-refractivity contribution in [2.75, 3.05) is 0 Å². The third kappa shape index (κ3) is 10.9. The van der Waals surface area contributed by atoms with Crippen LogP contribution < -0.4 is 0 Å². The van der Waals surface area contributed by atoms with Gasteiger partial charge in [-0.25, -0.2) is 9.98 Å². The first-order valence-electron chi connectivity index (χ1n) is 23.1. The van der Waals surface area contributed by atoms with E-state index in [0.29, 0.717) is 89.4 Å². The molecule has 0 unspecified atom stereocenters. The lowest BCUT2D eigenvalue weighted by Gasteiger charge is -2.33. The number of unbranched alkanes of at least 4 members (excludes halogenated alkanes) is 16. The molecule has 7 nitrogen and oxygen atoms in total. The molecular weight excluding hydrogens is 733 g/mol. The highest BCUT2D eigenvalue weighted by Crippen LogP contribution is 2.51. The van der Waals surface area contributed by atoms with E-state index in [4.69, 9.17) is 0 Å². The first-order valence-corrected chi connectivity index (χ1v) is 23.1. The number of amides is 2. The number of carbonyl (C=O) groups is 3. The lowest BCUT2D eigenvalue weighted by atomic mass is 9.71. The zero-order chi connectivity index (χ0) is 41.6. The first-order chi connectivity index (χ1) is 28.8. The Morgan fingerprint density at radius 2 is 0.983 bits per heavy atom. The van der Waals surface area contributed by atoms with E-state index in [9.17, 15) is 24.6 Å². The number of nitrogens with zero attached hydrogens (tertiary/aromatic N) is 2. The van der Waals surface area contributed by atoms with Gasteiger partial charge in [0.05, 0.1) is 11.4 Å². The number of phenolic OH excluding ortho intramolecular Hbond substituents is 2. The molecule has 0 spiro atoms. The number of hydrogen-bond acceptors (Lipinski definition) is 5. The third-order valence-corrected chi connectivity index (χ3v) is 12.7. The van der Waals surface area contributed by atoms with Crippen molar-refractivity contribution in [1.29, 1.82) is 0 Å². The minimum atomic E-state index is -0.206. The summed E-state index contributed by atoms with van der Waals surface area (Å²) >= 11 is 0. The second kappa shape index (κ2) is 22.1. The Labute approximate surface area is 352 Å². The summed E-state index contributed by atoms with van der Waals surface area (Å²) in [7, 11) is 0. The third-order valence-electron chi connectivity index (χ3n) is 12.7. The van der Waals surface area contributed by atoms with E-state index in [2.05, 4.69) is 23.8 Å². The lowest BCUT2D eigenvalue weighted by molar-refractivity contribution is -0.118. The number of aromatic hydroxyl groups is 2. The summed E-state index contributed by atoms with van der Waals surface area (Å²) in [6.45, 7) is 4.46. The number of fused-ring (bicyclic) bond motifs is 3. The zero-order valence-corrected chi connectivity index (χ0v) is 35.8. The van der Waals surface area contributed by atoms with Gasteiger partial charge in [0.15, 0.2) is 5.78 Å². The fourth-order valence-electron chi connectivity index (χ4n) is 9.44. The number of aliphatic imine (C=N–C) groups is 2. The van der Waals surface area contributed by atoms with Crippen LogP contribution in [-0.2, 0) is 16.0 Å². The highest BCUT2D eigenvalue weighted by Gasteiger charge is 2.38. The molecule has 0 atom stereocenters. The minimum Gasteiger partial charge on any atom is -0.507 e. The van der Waals surface area contributed by atoms with Crippen LogP contribution >= 0.6 is 0 Å². The molecule has 3 aliphatic carbocycles. The molecule has 3 aromatic carbocycles. The Morgan fingerprint density at radius 3 is 1.56 bits per heavy atom. The van der Waals surface area contributed by atoms with Gasteiger partial charge in [-0.2, -0.15) is 0 Å². The van der Waals surface area contributed by atoms with Crippen molar-refractivity contribution < 1.29 is 24.6 Å². The molecule has 0 aromatic heterocycles. The quantitative estimate of drug-likeness (QED) is 0.0872. The summed E-state index contributed by atoms with van der Waals surface area (Å²) in [4.78, 5) is 50.4. The van der Waals surface area contributed by atoms with Crippen molar-refractivity contribution in [1.82, 2.24) is 0 Å². The molecule has 7 heteroatoms. The summed E-state index contributed by atoms with van der Waals surface area (Å²) in [5.41, 5.74) is 6.60. The molecule has 2 N–H and O–H groups in total. The van der Waals surface area contributed by atoms with Crippen LogP contribution in [0.2, 0.25) is 0 Å². The van der Waals surface area contributed by atoms with Crippen molar-refractivity contribution in [3.8, 4) is 11.5 Å². The lowest BCUT2D eigenvalue weighted by Crippen LogP contribution is -2.28. The van der Waals surface area contributed by atoms with Crippen LogP contribution in [-0.4, -0.2) is 39.2 Å². The van der Waals surface area contributed by atoms with Crippen molar-refractivity contribution in [2.24, 2.45) is 9.98 Å². The smallest absolute Gasteiger partial charge is 0.245 e. The normalized spacial score (nSPS) is 17.8. The molecule has 3 aliphatic rings. The zero-order valence-electron chi connectivity index (χ0n) is 35.8. The molecule has 0 fully saturated rings. The van der Waals surface area contributed by atoms with Crippen LogP contribution in [0.15, 0.2) is 75.2 Å². The van der Waals surface area contributed by atoms with Crippen molar-refractivity contribution in [3.05, 3.63) is 87.5 Å². The van der Waals surface area contributed by atoms with E-state index in [-0.39, 0.29) is 29.1 Å². The van der Waals surface area contributed by atoms with Gasteiger partial charge in [0, 0.05) is 45.9 Å². The van der Waals surface area contributed by atoms with Crippen molar-refractivity contribution in [3.63, 3.8) is 0 Å². The molecule has 2 amide bonds. The summed E-state index contributed by atoms with van der Waals surface area (Å²) in [6.07, 6.45) is 24.0. The Hall–Kier alpha value is -4.65. The largest absolute Gasteiger partial charge is 0.507 e. The van der Waals surface area contributed by atoms with Gasteiger partial charge in [-0.3, -0.25) is 14.4 Å². The Kier molecular flexibility index (Phi) is 16.4. The predicted molar refractivity (Wildman–Crippen MR) is 242 cm³/mol. The molecule has 0 heterocycles. The fourth-order valence-corrected chi connectivity index (χ4v) is 9.44. The number of rotatable bonds is 20. The van der Waals surface area contributed by atoms with Gasteiger partial charge in [0.1, 0.15) is 11.5 Å². The average Bonchev–Trinajstić information content (AvgIpc) is 3.24. The number of phenols is 2. The fraction of sp³-hybridized carbons (Fsp3) is 0.519. The molecule has 0 saturated heterocycles. The van der Waals surface area contributed by atoms with Crippen molar-refractivity contribution >= 4 is 45.4 Å². The Bertz CT molecular complexity index is 2120. The number of Topliss-reactive ketones (excluding diaryl/α,β-unsaturated/α-hetero) is 1. The molecule has 0 aliphatic heterocycles. The van der Waals surface area contributed by atoms with E-state index < -0.39 is 0 Å². The van der Waals surface area contributed by atoms with E-state index in [1.54, 1.807) is 12.1 Å². The standard InChI is InChI=1S/C52H66N2O5/c1-3-5-7-9-11-13-15-17-19-29-45(55)53-43-33-31-38(42-35-36-25-21-22-26-37(36)50(57)47(42)43)39-32-34-44(54-46(56)30-20-18-16-14-12-10-8-6-4-2)49-48(39)51(58)40-27-23-24-28-41(40)52(49)59/h21-28,58-59H,3-20,29-35H2,1-2H3/b39-38+,53-43?,54-44?. The number of hydrogen-bond donors (Lipinski definition) is 2. The van der Waals surface area contributed by atoms with Gasteiger partial charge in [-0.1, -0.05) is 165 Å². The molecule has 0 radical (unpaired) electrons. The highest BCUT2D eigenvalue weighted by atomic mass is 16.3. The van der Waals surface area contributed by atoms with Gasteiger partial charge in [-0.15, -0.1) is 0 Å². The molecule has 0 saturated carbocycles. The first kappa shape index (κ1) is 43.9. The van der Waals surface area contributed by atoms with Crippen LogP contribution in [0.5, 0.6) is 11.5 Å². The number of carbonyl (C=O) groups excluding carboxylic acids is 3. The number of ketones is 1. The molecule has 3 aromatic rings. The summed E-state index contributed by atoms with van der Waals surface area (Å²) in [5.74, 6) is -0.472. The molecule has 6 rings (SSSR count). The average molecular weight is 799 g/mol. The van der Waals surface area contributed by atoms with Crippen LogP contribution in [0.4, 0.5) is 0 Å². The topological polar surface area (TPSA) is 116 Å². The van der Waals surface area contributed by atoms with E-state index in [1.807, 2.05) is 36.4 Å². The van der Waals surface area contributed by atoms with Gasteiger partial charge in [-0.05, 0) is 67.2 Å². The minimum absolute atomic E-state index is 0.000225.